The van der Waals surface area contributed by atoms with Gasteiger partial charge < -0.3 is 15.9 Å². The summed E-state index contributed by atoms with van der Waals surface area (Å²) >= 11 is 0. The summed E-state index contributed by atoms with van der Waals surface area (Å²) in [4.78, 5) is 25.7. The molecule has 6 heteroatoms. The Kier molecular flexibility index (Phi) is 7.45. The van der Waals surface area contributed by atoms with Crippen LogP contribution in [0, 0.1) is 18.8 Å². The van der Waals surface area contributed by atoms with Crippen LogP contribution in [0.2, 0.25) is 0 Å². The lowest BCUT2D eigenvalue weighted by Crippen LogP contribution is -2.41. The Morgan fingerprint density at radius 2 is 1.53 bits per heavy atom. The number of carboxylic acid groups (broad SMARTS) is 2. The molecule has 30 heavy (non-hydrogen) atoms. The molecule has 3 aromatic rings. The molecule has 0 aliphatic heterocycles. The summed E-state index contributed by atoms with van der Waals surface area (Å²) in [6.07, 6.45) is 0. The van der Waals surface area contributed by atoms with Gasteiger partial charge in [-0.05, 0) is 61.7 Å². The van der Waals surface area contributed by atoms with Crippen molar-refractivity contribution in [3.63, 3.8) is 0 Å². The SMILES string of the molecule is C[C@@](N)(C(=O)O)c1ccc(C(=O)O)cc1.Cc1cccc(C#Cc2ccccc2)n1. The second kappa shape index (κ2) is 10.0. The number of nitrogens with zero attached hydrogens (tertiary/aromatic N) is 1. The predicted molar refractivity (Wildman–Crippen MR) is 114 cm³/mol. The molecule has 0 aliphatic carbocycles. The Labute approximate surface area is 175 Å². The number of nitrogens with two attached hydrogens (primary N) is 1. The highest BCUT2D eigenvalue weighted by Gasteiger charge is 2.30. The first-order valence-electron chi connectivity index (χ1n) is 9.07. The Morgan fingerprint density at radius 1 is 0.900 bits per heavy atom. The maximum absolute atomic E-state index is 10.8. The van der Waals surface area contributed by atoms with Gasteiger partial charge in [-0.2, -0.15) is 0 Å². The first kappa shape index (κ1) is 22.3. The molecule has 6 nitrogen and oxygen atoms in total. The van der Waals surface area contributed by atoms with Crippen molar-refractivity contribution in [2.24, 2.45) is 5.73 Å². The van der Waals surface area contributed by atoms with Gasteiger partial charge in [0.15, 0.2) is 0 Å². The van der Waals surface area contributed by atoms with Crippen molar-refractivity contribution in [2.75, 3.05) is 0 Å². The van der Waals surface area contributed by atoms with E-state index in [0.29, 0.717) is 5.56 Å². The third-order valence-electron chi connectivity index (χ3n) is 4.17. The summed E-state index contributed by atoms with van der Waals surface area (Å²) in [6.45, 7) is 3.32. The highest BCUT2D eigenvalue weighted by atomic mass is 16.4. The predicted octanol–water partition coefficient (Wildman–Crippen LogP) is 3.43. The standard InChI is InChI=1S/C14H11N.C10H11NO4/c1-12-6-5-9-14(15-12)11-10-13-7-3-2-4-8-13;1-10(11,9(14)15)7-4-2-6(3-5-7)8(12)13/h2-9H,1H3;2-5H,11H2,1H3,(H,12,13)(H,14,15)/t;10-/m.0/s1. The minimum atomic E-state index is -1.50. The van der Waals surface area contributed by atoms with Crippen molar-refractivity contribution < 1.29 is 19.8 Å². The summed E-state index contributed by atoms with van der Waals surface area (Å²) < 4.78 is 0. The monoisotopic (exact) mass is 402 g/mol. The second-order valence-electron chi connectivity index (χ2n) is 6.67. The molecule has 0 spiro atoms. The number of aromatic carboxylic acids is 1. The van der Waals surface area contributed by atoms with Crippen LogP contribution in [0.5, 0.6) is 0 Å². The van der Waals surface area contributed by atoms with Crippen LogP contribution in [0.3, 0.4) is 0 Å². The molecule has 0 fully saturated rings. The molecule has 0 aliphatic rings. The van der Waals surface area contributed by atoms with Gasteiger partial charge >= 0.3 is 11.9 Å². The van der Waals surface area contributed by atoms with Crippen LogP contribution in [-0.2, 0) is 10.3 Å². The van der Waals surface area contributed by atoms with E-state index < -0.39 is 17.5 Å². The molecule has 3 rings (SSSR count). The van der Waals surface area contributed by atoms with E-state index >= 15 is 0 Å². The molecular weight excluding hydrogens is 380 g/mol. The number of aryl methyl sites for hydroxylation is 1. The summed E-state index contributed by atoms with van der Waals surface area (Å²) in [5.41, 5.74) is 7.34. The Balaban J connectivity index is 0.000000214. The highest BCUT2D eigenvalue weighted by molar-refractivity contribution is 5.88. The largest absolute Gasteiger partial charge is 0.480 e. The molecule has 0 bridgehead atoms. The van der Waals surface area contributed by atoms with E-state index in [1.165, 1.54) is 31.2 Å². The maximum atomic E-state index is 10.8. The Bertz CT molecular complexity index is 1080. The number of aliphatic carboxylic acids is 1. The summed E-state index contributed by atoms with van der Waals surface area (Å²) in [7, 11) is 0. The van der Waals surface area contributed by atoms with Gasteiger partial charge in [-0.3, -0.25) is 0 Å². The van der Waals surface area contributed by atoms with Crippen LogP contribution >= 0.6 is 0 Å². The number of carbonyl (C=O) groups is 2. The number of hydrogen-bond acceptors (Lipinski definition) is 4. The Hall–Kier alpha value is -3.95. The molecule has 1 aromatic heterocycles. The normalized spacial score (nSPS) is 11.7. The van der Waals surface area contributed by atoms with E-state index in [2.05, 4.69) is 16.8 Å². The molecule has 0 radical (unpaired) electrons. The molecule has 0 saturated heterocycles. The van der Waals surface area contributed by atoms with Gasteiger partial charge in [-0.25, -0.2) is 14.6 Å². The molecule has 4 N–H and O–H groups in total. The summed E-state index contributed by atoms with van der Waals surface area (Å²) in [5.74, 6) is 3.90. The molecule has 1 heterocycles. The van der Waals surface area contributed by atoms with Crippen molar-refractivity contribution in [1.82, 2.24) is 4.98 Å². The summed E-state index contributed by atoms with van der Waals surface area (Å²) in [6, 6.07) is 21.2. The van der Waals surface area contributed by atoms with Crippen LogP contribution in [0.4, 0.5) is 0 Å². The van der Waals surface area contributed by atoms with Crippen molar-refractivity contribution in [2.45, 2.75) is 19.4 Å². The molecule has 0 amide bonds. The number of hydrogen-bond donors (Lipinski definition) is 3. The lowest BCUT2D eigenvalue weighted by molar-refractivity contribution is -0.143. The zero-order valence-corrected chi connectivity index (χ0v) is 16.7. The summed E-state index contributed by atoms with van der Waals surface area (Å²) in [5, 5.41) is 17.5. The molecule has 0 unspecified atom stereocenters. The fraction of sp³-hybridized carbons (Fsp3) is 0.125. The van der Waals surface area contributed by atoms with Gasteiger partial charge in [-0.15, -0.1) is 0 Å². The van der Waals surface area contributed by atoms with Crippen LogP contribution in [0.1, 0.15) is 39.8 Å². The minimum Gasteiger partial charge on any atom is -0.480 e. The van der Waals surface area contributed by atoms with Crippen LogP contribution in [0.15, 0.2) is 72.8 Å². The van der Waals surface area contributed by atoms with E-state index in [-0.39, 0.29) is 5.56 Å². The minimum absolute atomic E-state index is 0.0972. The Morgan fingerprint density at radius 3 is 2.07 bits per heavy atom. The zero-order chi connectivity index (χ0) is 22.1. The maximum Gasteiger partial charge on any atom is 0.335 e. The fourth-order valence-electron chi connectivity index (χ4n) is 2.35. The van der Waals surface area contributed by atoms with E-state index in [1.54, 1.807) is 0 Å². The smallest absolute Gasteiger partial charge is 0.335 e. The topological polar surface area (TPSA) is 114 Å². The number of pyridine rings is 1. The zero-order valence-electron chi connectivity index (χ0n) is 16.7. The van der Waals surface area contributed by atoms with E-state index in [9.17, 15) is 9.59 Å². The van der Waals surface area contributed by atoms with Gasteiger partial charge in [0.1, 0.15) is 11.2 Å². The average Bonchev–Trinajstić information content (AvgIpc) is 2.73. The van der Waals surface area contributed by atoms with Crippen LogP contribution in [0.25, 0.3) is 0 Å². The molecule has 0 saturated carbocycles. The third-order valence-corrected chi connectivity index (χ3v) is 4.17. The van der Waals surface area contributed by atoms with Gasteiger partial charge in [0.25, 0.3) is 0 Å². The van der Waals surface area contributed by atoms with Crippen molar-refractivity contribution in [3.8, 4) is 11.8 Å². The lowest BCUT2D eigenvalue weighted by Gasteiger charge is -2.19. The quantitative estimate of drug-likeness (QED) is 0.579. The number of carboxylic acids is 2. The molecule has 2 aromatic carbocycles. The van der Waals surface area contributed by atoms with E-state index in [4.69, 9.17) is 15.9 Å². The first-order valence-corrected chi connectivity index (χ1v) is 9.07. The van der Waals surface area contributed by atoms with Gasteiger partial charge in [0, 0.05) is 11.3 Å². The molecular formula is C24H22N2O4. The fourth-order valence-corrected chi connectivity index (χ4v) is 2.35. The van der Waals surface area contributed by atoms with Crippen LogP contribution in [-0.4, -0.2) is 27.1 Å². The van der Waals surface area contributed by atoms with Gasteiger partial charge in [0.2, 0.25) is 0 Å². The first-order chi connectivity index (χ1) is 14.2. The van der Waals surface area contributed by atoms with E-state index in [1.807, 2.05) is 55.5 Å². The van der Waals surface area contributed by atoms with E-state index in [0.717, 1.165) is 17.0 Å². The van der Waals surface area contributed by atoms with Gasteiger partial charge in [0.05, 0.1) is 5.56 Å². The average molecular weight is 402 g/mol. The number of rotatable bonds is 3. The van der Waals surface area contributed by atoms with Crippen LogP contribution < -0.4 is 5.73 Å². The second-order valence-corrected chi connectivity index (χ2v) is 6.67. The third kappa shape index (κ3) is 6.30. The van der Waals surface area contributed by atoms with Gasteiger partial charge in [-0.1, -0.05) is 42.3 Å². The van der Waals surface area contributed by atoms with Crippen molar-refractivity contribution in [3.05, 3.63) is 101 Å². The number of benzene rings is 2. The number of aromatic nitrogens is 1. The van der Waals surface area contributed by atoms with Crippen molar-refractivity contribution >= 4 is 11.9 Å². The molecule has 1 atom stereocenters. The highest BCUT2D eigenvalue weighted by Crippen LogP contribution is 2.18. The van der Waals surface area contributed by atoms with Crippen molar-refractivity contribution in [1.29, 1.82) is 0 Å². The lowest BCUT2D eigenvalue weighted by atomic mass is 9.93. The molecule has 152 valence electrons.